The molecular formula is C14H21N3O2S. The number of carbonyl (C=O) groups is 2. The van der Waals surface area contributed by atoms with Gasteiger partial charge in [0.25, 0.3) is 0 Å². The number of nitrogens with one attached hydrogen (secondary N) is 2. The molecule has 2 heterocycles. The Bertz CT molecular complexity index is 447. The number of imide groups is 1. The van der Waals surface area contributed by atoms with E-state index in [4.69, 9.17) is 0 Å². The van der Waals surface area contributed by atoms with E-state index in [0.29, 0.717) is 19.1 Å². The van der Waals surface area contributed by atoms with E-state index in [1.54, 1.807) is 11.3 Å². The molecule has 0 unspecified atom stereocenters. The average molecular weight is 295 g/mol. The summed E-state index contributed by atoms with van der Waals surface area (Å²) in [6.07, 6.45) is 3.47. The first kappa shape index (κ1) is 15.0. The summed E-state index contributed by atoms with van der Waals surface area (Å²) in [4.78, 5) is 26.6. The number of hydrogen-bond donors (Lipinski definition) is 2. The number of amides is 3. The number of piperidine rings is 1. The third-order valence-corrected chi connectivity index (χ3v) is 4.42. The van der Waals surface area contributed by atoms with Gasteiger partial charge in [-0.3, -0.25) is 15.0 Å². The van der Waals surface area contributed by atoms with Crippen LogP contribution in [0.2, 0.25) is 0 Å². The first-order valence-electron chi connectivity index (χ1n) is 6.99. The van der Waals surface area contributed by atoms with Crippen LogP contribution in [0.5, 0.6) is 0 Å². The highest BCUT2D eigenvalue weighted by atomic mass is 32.1. The van der Waals surface area contributed by atoms with E-state index in [-0.39, 0.29) is 5.91 Å². The zero-order valence-electron chi connectivity index (χ0n) is 11.7. The van der Waals surface area contributed by atoms with Crippen molar-refractivity contribution in [2.24, 2.45) is 0 Å². The lowest BCUT2D eigenvalue weighted by atomic mass is 10.0. The highest BCUT2D eigenvalue weighted by Gasteiger charge is 2.21. The molecule has 2 N–H and O–H groups in total. The van der Waals surface area contributed by atoms with Gasteiger partial charge in [-0.2, -0.15) is 0 Å². The van der Waals surface area contributed by atoms with Gasteiger partial charge in [-0.05, 0) is 37.8 Å². The normalized spacial score (nSPS) is 19.6. The average Bonchev–Trinajstić information content (AvgIpc) is 2.92. The Morgan fingerprint density at radius 1 is 1.45 bits per heavy atom. The van der Waals surface area contributed by atoms with Crippen molar-refractivity contribution in [3.8, 4) is 0 Å². The molecule has 5 nitrogen and oxygen atoms in total. The summed E-state index contributed by atoms with van der Waals surface area (Å²) in [5, 5.41) is 7.03. The monoisotopic (exact) mass is 295 g/mol. The Labute approximate surface area is 123 Å². The Balaban J connectivity index is 1.69. The molecule has 3 amide bonds. The molecule has 20 heavy (non-hydrogen) atoms. The molecule has 0 radical (unpaired) electrons. The Morgan fingerprint density at radius 3 is 3.00 bits per heavy atom. The smallest absolute Gasteiger partial charge is 0.321 e. The van der Waals surface area contributed by atoms with Crippen molar-refractivity contribution in [1.82, 2.24) is 15.5 Å². The van der Waals surface area contributed by atoms with Crippen molar-refractivity contribution < 1.29 is 9.59 Å². The second-order valence-electron chi connectivity index (χ2n) is 5.13. The molecule has 1 saturated heterocycles. The molecule has 0 bridgehead atoms. The molecule has 1 aromatic heterocycles. The largest absolute Gasteiger partial charge is 0.333 e. The summed E-state index contributed by atoms with van der Waals surface area (Å²) in [5.41, 5.74) is 0. The first-order chi connectivity index (χ1) is 9.65. The van der Waals surface area contributed by atoms with Crippen molar-refractivity contribution in [3.63, 3.8) is 0 Å². The van der Waals surface area contributed by atoms with E-state index in [1.165, 1.54) is 6.42 Å². The molecule has 1 aromatic rings. The van der Waals surface area contributed by atoms with Gasteiger partial charge >= 0.3 is 6.03 Å². The fourth-order valence-corrected chi connectivity index (χ4v) is 3.01. The van der Waals surface area contributed by atoms with Gasteiger partial charge in [-0.25, -0.2) is 4.79 Å². The van der Waals surface area contributed by atoms with Crippen molar-refractivity contribution in [2.45, 2.75) is 38.8 Å². The maximum atomic E-state index is 11.8. The number of rotatable bonds is 4. The van der Waals surface area contributed by atoms with Gasteiger partial charge in [0, 0.05) is 10.9 Å². The summed E-state index contributed by atoms with van der Waals surface area (Å²) in [6.45, 7) is 3.82. The van der Waals surface area contributed by atoms with Gasteiger partial charge < -0.3 is 5.32 Å². The Hall–Kier alpha value is -1.40. The van der Waals surface area contributed by atoms with Crippen LogP contribution in [-0.4, -0.2) is 36.0 Å². The predicted molar refractivity (Wildman–Crippen MR) is 79.6 cm³/mol. The SMILES string of the molecule is C[C@@H]1CCCCN1CC(=O)NC(=O)NCc1cccs1. The van der Waals surface area contributed by atoms with Crippen LogP contribution in [0.3, 0.4) is 0 Å². The molecule has 0 aromatic carbocycles. The van der Waals surface area contributed by atoms with Crippen LogP contribution >= 0.6 is 11.3 Å². The summed E-state index contributed by atoms with van der Waals surface area (Å²) in [7, 11) is 0. The van der Waals surface area contributed by atoms with E-state index >= 15 is 0 Å². The summed E-state index contributed by atoms with van der Waals surface area (Å²) in [5.74, 6) is -0.234. The van der Waals surface area contributed by atoms with Crippen LogP contribution < -0.4 is 10.6 Å². The van der Waals surface area contributed by atoms with Crippen LogP contribution in [0.15, 0.2) is 17.5 Å². The third-order valence-electron chi connectivity index (χ3n) is 3.54. The minimum Gasteiger partial charge on any atom is -0.333 e. The Morgan fingerprint density at radius 2 is 2.30 bits per heavy atom. The minimum atomic E-state index is -0.423. The molecule has 6 heteroatoms. The molecule has 1 fully saturated rings. The highest BCUT2D eigenvalue weighted by Crippen LogP contribution is 2.15. The molecule has 1 aliphatic rings. The maximum Gasteiger partial charge on any atom is 0.321 e. The lowest BCUT2D eigenvalue weighted by Crippen LogP contribution is -2.47. The molecule has 1 aliphatic heterocycles. The van der Waals surface area contributed by atoms with Crippen LogP contribution in [-0.2, 0) is 11.3 Å². The topological polar surface area (TPSA) is 61.4 Å². The van der Waals surface area contributed by atoms with E-state index < -0.39 is 6.03 Å². The number of urea groups is 1. The number of thiophene rings is 1. The zero-order chi connectivity index (χ0) is 14.4. The lowest BCUT2D eigenvalue weighted by molar-refractivity contribution is -0.122. The van der Waals surface area contributed by atoms with Crippen molar-refractivity contribution in [1.29, 1.82) is 0 Å². The van der Waals surface area contributed by atoms with Gasteiger partial charge in [0.05, 0.1) is 13.1 Å². The third kappa shape index (κ3) is 4.61. The molecule has 1 atom stereocenters. The Kier molecular flexibility index (Phi) is 5.55. The van der Waals surface area contributed by atoms with Crippen LogP contribution in [0.4, 0.5) is 4.79 Å². The van der Waals surface area contributed by atoms with Gasteiger partial charge in [-0.15, -0.1) is 11.3 Å². The van der Waals surface area contributed by atoms with E-state index in [2.05, 4.69) is 22.5 Å². The number of likely N-dealkylation sites (tertiary alicyclic amines) is 1. The molecule has 0 spiro atoms. The van der Waals surface area contributed by atoms with Crippen LogP contribution in [0.1, 0.15) is 31.1 Å². The van der Waals surface area contributed by atoms with Gasteiger partial charge in [0.15, 0.2) is 0 Å². The fraction of sp³-hybridized carbons (Fsp3) is 0.571. The predicted octanol–water partition coefficient (Wildman–Crippen LogP) is 1.95. The van der Waals surface area contributed by atoms with Crippen molar-refractivity contribution in [2.75, 3.05) is 13.1 Å². The number of hydrogen-bond acceptors (Lipinski definition) is 4. The van der Waals surface area contributed by atoms with Crippen LogP contribution in [0, 0.1) is 0 Å². The van der Waals surface area contributed by atoms with Gasteiger partial charge in [0.1, 0.15) is 0 Å². The van der Waals surface area contributed by atoms with E-state index in [0.717, 1.165) is 24.3 Å². The second-order valence-corrected chi connectivity index (χ2v) is 6.16. The lowest BCUT2D eigenvalue weighted by Gasteiger charge is -2.32. The molecule has 2 rings (SSSR count). The minimum absolute atomic E-state index is 0.234. The van der Waals surface area contributed by atoms with Crippen molar-refractivity contribution in [3.05, 3.63) is 22.4 Å². The highest BCUT2D eigenvalue weighted by molar-refractivity contribution is 7.09. The summed E-state index contributed by atoms with van der Waals surface area (Å²) < 4.78 is 0. The van der Waals surface area contributed by atoms with Gasteiger partial charge in [0.2, 0.25) is 5.91 Å². The first-order valence-corrected chi connectivity index (χ1v) is 7.87. The zero-order valence-corrected chi connectivity index (χ0v) is 12.5. The molecule has 0 saturated carbocycles. The van der Waals surface area contributed by atoms with E-state index in [1.807, 2.05) is 17.5 Å². The second kappa shape index (κ2) is 7.40. The standard InChI is InChI=1S/C14H21N3O2S/c1-11-5-2-3-7-17(11)10-13(18)16-14(19)15-9-12-6-4-8-20-12/h4,6,8,11H,2-3,5,7,9-10H2,1H3,(H2,15,16,18,19)/t11-/m1/s1. The molecule has 110 valence electrons. The van der Waals surface area contributed by atoms with Crippen LogP contribution in [0.25, 0.3) is 0 Å². The van der Waals surface area contributed by atoms with Gasteiger partial charge in [-0.1, -0.05) is 12.5 Å². The molecule has 0 aliphatic carbocycles. The quantitative estimate of drug-likeness (QED) is 0.892. The molecular weight excluding hydrogens is 274 g/mol. The fourth-order valence-electron chi connectivity index (χ4n) is 2.37. The maximum absolute atomic E-state index is 11.8. The summed E-state index contributed by atoms with van der Waals surface area (Å²) >= 11 is 1.58. The summed E-state index contributed by atoms with van der Waals surface area (Å²) in [6, 6.07) is 3.88. The number of nitrogens with zero attached hydrogens (tertiary/aromatic N) is 1. The van der Waals surface area contributed by atoms with E-state index in [9.17, 15) is 9.59 Å². The number of carbonyl (C=O) groups excluding carboxylic acids is 2. The van der Waals surface area contributed by atoms with Crippen molar-refractivity contribution >= 4 is 23.3 Å².